The molecule has 0 saturated heterocycles. The molecular weight excluding hydrogens is 342 g/mol. The highest BCUT2D eigenvalue weighted by molar-refractivity contribution is 5.95. The second-order valence-electron chi connectivity index (χ2n) is 7.34. The van der Waals surface area contributed by atoms with Gasteiger partial charge in [-0.1, -0.05) is 101 Å². The third-order valence-electron chi connectivity index (χ3n) is 5.00. The zero-order valence-corrected chi connectivity index (χ0v) is 17.4. The van der Waals surface area contributed by atoms with Crippen LogP contribution in [0.1, 0.15) is 107 Å². The lowest BCUT2D eigenvalue weighted by molar-refractivity contribution is -0.368. The number of rotatable bonds is 17. The standard InChI is InChI=1S/C23H39NO.ClH/c24-21-17-12-10-8-6-4-2-1-3-5-7-9-11-16-20-23(25)22-18-14-13-15-19-22;/h13-15,18-19H,1-12,16-17,20-21,24H2;1H. The van der Waals surface area contributed by atoms with Crippen LogP contribution in [-0.2, 0) is 0 Å². The molecule has 0 aliphatic heterocycles. The molecule has 0 amide bonds. The van der Waals surface area contributed by atoms with Crippen LogP contribution in [-0.4, -0.2) is 12.3 Å². The lowest BCUT2D eigenvalue weighted by Crippen LogP contribution is -3.00. The van der Waals surface area contributed by atoms with Crippen LogP contribution in [0.2, 0.25) is 0 Å². The van der Waals surface area contributed by atoms with Gasteiger partial charge in [0.15, 0.2) is 5.78 Å². The number of hydrogen-bond donors (Lipinski definition) is 1. The van der Waals surface area contributed by atoms with Crippen molar-refractivity contribution in [2.75, 3.05) is 6.54 Å². The van der Waals surface area contributed by atoms with Gasteiger partial charge in [-0.05, 0) is 19.3 Å². The van der Waals surface area contributed by atoms with Crippen molar-refractivity contribution in [3.05, 3.63) is 35.9 Å². The molecular formula is C23H40ClNO. The second-order valence-corrected chi connectivity index (χ2v) is 7.34. The van der Waals surface area contributed by atoms with Gasteiger partial charge in [-0.15, -0.1) is 0 Å². The lowest BCUT2D eigenvalue weighted by atomic mass is 10.0. The Hall–Kier alpha value is -0.860. The SMILES string of the molecule is [Cl-].[NH3+]CCCCCCCCCCCCCCCCC(=O)c1ccccc1. The Labute approximate surface area is 167 Å². The summed E-state index contributed by atoms with van der Waals surface area (Å²) < 4.78 is 0. The van der Waals surface area contributed by atoms with Crippen LogP contribution in [0, 0.1) is 0 Å². The van der Waals surface area contributed by atoms with E-state index in [-0.39, 0.29) is 12.4 Å². The Morgan fingerprint density at radius 3 is 1.42 bits per heavy atom. The van der Waals surface area contributed by atoms with Gasteiger partial charge in [0.1, 0.15) is 0 Å². The number of benzene rings is 1. The predicted molar refractivity (Wildman–Crippen MR) is 108 cm³/mol. The highest BCUT2D eigenvalue weighted by Crippen LogP contribution is 2.14. The van der Waals surface area contributed by atoms with Crippen LogP contribution in [0.15, 0.2) is 30.3 Å². The summed E-state index contributed by atoms with van der Waals surface area (Å²) in [6.45, 7) is 1.10. The molecule has 0 spiro atoms. The molecule has 0 aliphatic carbocycles. The van der Waals surface area contributed by atoms with E-state index in [2.05, 4.69) is 5.73 Å². The van der Waals surface area contributed by atoms with Crippen LogP contribution >= 0.6 is 0 Å². The van der Waals surface area contributed by atoms with Crippen molar-refractivity contribution in [2.24, 2.45) is 0 Å². The van der Waals surface area contributed by atoms with E-state index in [1.807, 2.05) is 30.3 Å². The first-order valence-electron chi connectivity index (χ1n) is 10.7. The molecule has 0 heterocycles. The minimum atomic E-state index is 0. The van der Waals surface area contributed by atoms with Gasteiger partial charge >= 0.3 is 0 Å². The Bertz CT molecular complexity index is 421. The molecule has 26 heavy (non-hydrogen) atoms. The molecule has 0 unspecified atom stereocenters. The molecule has 0 fully saturated rings. The molecule has 0 atom stereocenters. The fraction of sp³-hybridized carbons (Fsp3) is 0.696. The van der Waals surface area contributed by atoms with Gasteiger partial charge in [-0.2, -0.15) is 0 Å². The Morgan fingerprint density at radius 2 is 1.00 bits per heavy atom. The third-order valence-corrected chi connectivity index (χ3v) is 5.00. The molecule has 0 saturated carbocycles. The first-order valence-corrected chi connectivity index (χ1v) is 10.7. The molecule has 150 valence electrons. The molecule has 2 nitrogen and oxygen atoms in total. The number of unbranched alkanes of at least 4 members (excludes halogenated alkanes) is 13. The maximum absolute atomic E-state index is 12.0. The van der Waals surface area contributed by atoms with E-state index >= 15 is 0 Å². The molecule has 3 heteroatoms. The van der Waals surface area contributed by atoms with Crippen LogP contribution in [0.3, 0.4) is 0 Å². The normalized spacial score (nSPS) is 10.5. The molecule has 0 bridgehead atoms. The van der Waals surface area contributed by atoms with E-state index < -0.39 is 0 Å². The lowest BCUT2D eigenvalue weighted by Gasteiger charge is -2.03. The van der Waals surface area contributed by atoms with Crippen molar-refractivity contribution in [2.45, 2.75) is 96.3 Å². The number of Topliss-reactive ketones (excluding diaryl/α,β-unsaturated/α-hetero) is 1. The Balaban J connectivity index is 0.00000625. The van der Waals surface area contributed by atoms with Crippen molar-refractivity contribution in [1.82, 2.24) is 0 Å². The largest absolute Gasteiger partial charge is 1.00 e. The Kier molecular flexibility index (Phi) is 18.3. The van der Waals surface area contributed by atoms with Crippen molar-refractivity contribution < 1.29 is 22.9 Å². The summed E-state index contributed by atoms with van der Waals surface area (Å²) in [5.41, 5.74) is 4.76. The first-order chi connectivity index (χ1) is 12.3. The molecule has 1 rings (SSSR count). The van der Waals surface area contributed by atoms with Gasteiger partial charge in [0.2, 0.25) is 0 Å². The van der Waals surface area contributed by atoms with E-state index in [9.17, 15) is 4.79 Å². The highest BCUT2D eigenvalue weighted by atomic mass is 35.5. The minimum Gasteiger partial charge on any atom is -1.00 e. The van der Waals surface area contributed by atoms with Crippen LogP contribution in [0.4, 0.5) is 0 Å². The highest BCUT2D eigenvalue weighted by Gasteiger charge is 2.03. The van der Waals surface area contributed by atoms with Gasteiger partial charge < -0.3 is 18.1 Å². The summed E-state index contributed by atoms with van der Waals surface area (Å²) in [4.78, 5) is 12.0. The van der Waals surface area contributed by atoms with E-state index in [1.54, 1.807) is 0 Å². The first kappa shape index (κ1) is 25.1. The number of carbonyl (C=O) groups excluding carboxylic acids is 1. The zero-order valence-electron chi connectivity index (χ0n) is 16.7. The monoisotopic (exact) mass is 381 g/mol. The molecule has 1 aromatic rings. The predicted octanol–water partition coefficient (Wildman–Crippen LogP) is 2.97. The van der Waals surface area contributed by atoms with Crippen molar-refractivity contribution in [3.8, 4) is 0 Å². The molecule has 1 aromatic carbocycles. The van der Waals surface area contributed by atoms with E-state index in [0.717, 1.165) is 18.5 Å². The topological polar surface area (TPSA) is 44.7 Å². The molecule has 0 radical (unpaired) electrons. The average Bonchev–Trinajstić information content (AvgIpc) is 2.65. The fourth-order valence-electron chi connectivity index (χ4n) is 3.35. The van der Waals surface area contributed by atoms with Crippen molar-refractivity contribution in [1.29, 1.82) is 0 Å². The van der Waals surface area contributed by atoms with Crippen molar-refractivity contribution in [3.63, 3.8) is 0 Å². The van der Waals surface area contributed by atoms with Gasteiger partial charge in [0, 0.05) is 12.0 Å². The van der Waals surface area contributed by atoms with E-state index in [0.29, 0.717) is 12.2 Å². The zero-order chi connectivity index (χ0) is 18.0. The van der Waals surface area contributed by atoms with E-state index in [1.165, 1.54) is 83.5 Å². The smallest absolute Gasteiger partial charge is 0.162 e. The van der Waals surface area contributed by atoms with Crippen LogP contribution in [0.5, 0.6) is 0 Å². The summed E-state index contributed by atoms with van der Waals surface area (Å²) in [6, 6.07) is 9.69. The summed E-state index contributed by atoms with van der Waals surface area (Å²) in [7, 11) is 0. The number of hydrogen-bond acceptors (Lipinski definition) is 1. The fourth-order valence-corrected chi connectivity index (χ4v) is 3.35. The van der Waals surface area contributed by atoms with Gasteiger partial charge in [-0.3, -0.25) is 4.79 Å². The maximum atomic E-state index is 12.0. The quantitative estimate of drug-likeness (QED) is 0.327. The minimum absolute atomic E-state index is 0. The van der Waals surface area contributed by atoms with Gasteiger partial charge in [0.25, 0.3) is 0 Å². The average molecular weight is 382 g/mol. The molecule has 3 N–H and O–H groups in total. The number of carbonyl (C=O) groups is 1. The summed E-state index contributed by atoms with van der Waals surface area (Å²) in [5.74, 6) is 0.298. The van der Waals surface area contributed by atoms with Crippen molar-refractivity contribution >= 4 is 5.78 Å². The summed E-state index contributed by atoms with van der Waals surface area (Å²) in [6.07, 6.45) is 19.5. The van der Waals surface area contributed by atoms with Crippen LogP contribution in [0.25, 0.3) is 0 Å². The molecule has 0 aromatic heterocycles. The van der Waals surface area contributed by atoms with Crippen LogP contribution < -0.4 is 18.1 Å². The summed E-state index contributed by atoms with van der Waals surface area (Å²) in [5, 5.41) is 0. The summed E-state index contributed by atoms with van der Waals surface area (Å²) >= 11 is 0. The maximum Gasteiger partial charge on any atom is 0.162 e. The number of quaternary nitrogens is 1. The Morgan fingerprint density at radius 1 is 0.615 bits per heavy atom. The second kappa shape index (κ2) is 18.9. The number of halogens is 1. The third kappa shape index (κ3) is 14.3. The van der Waals surface area contributed by atoms with Gasteiger partial charge in [-0.25, -0.2) is 0 Å². The number of ketones is 1. The van der Waals surface area contributed by atoms with Gasteiger partial charge in [0.05, 0.1) is 6.54 Å². The molecule has 0 aliphatic rings. The van der Waals surface area contributed by atoms with E-state index in [4.69, 9.17) is 0 Å².